The largest absolute Gasteiger partial charge is 0.483 e. The van der Waals surface area contributed by atoms with Crippen molar-refractivity contribution in [1.29, 1.82) is 0 Å². The molecule has 1 aromatic carbocycles. The normalized spacial score (nSPS) is 18.7. The Labute approximate surface area is 176 Å². The van der Waals surface area contributed by atoms with E-state index in [0.29, 0.717) is 6.04 Å². The number of benzene rings is 1. The summed E-state index contributed by atoms with van der Waals surface area (Å²) >= 11 is 0. The van der Waals surface area contributed by atoms with Crippen LogP contribution in [0, 0.1) is 13.8 Å². The van der Waals surface area contributed by atoms with Crippen LogP contribution in [0.2, 0.25) is 0 Å². The van der Waals surface area contributed by atoms with Gasteiger partial charge in [0.05, 0.1) is 24.1 Å². The first-order valence-electron chi connectivity index (χ1n) is 10.4. The van der Waals surface area contributed by atoms with Crippen molar-refractivity contribution in [2.24, 2.45) is 0 Å². The number of nitrogens with zero attached hydrogens (tertiary/aromatic N) is 4. The van der Waals surface area contributed by atoms with Crippen LogP contribution >= 0.6 is 0 Å². The molecule has 4 rings (SSSR count). The minimum atomic E-state index is -0.0663. The molecule has 0 bridgehead atoms. The third-order valence-corrected chi connectivity index (χ3v) is 5.81. The average Bonchev–Trinajstić information content (AvgIpc) is 3.26. The van der Waals surface area contributed by atoms with Gasteiger partial charge in [-0.2, -0.15) is 5.10 Å². The Balaban J connectivity index is 1.25. The summed E-state index contributed by atoms with van der Waals surface area (Å²) in [6.45, 7) is 4.09. The summed E-state index contributed by atoms with van der Waals surface area (Å²) < 4.78 is 7.74. The Morgan fingerprint density at radius 3 is 2.77 bits per heavy atom. The summed E-state index contributed by atoms with van der Waals surface area (Å²) in [6, 6.07) is 6.42. The van der Waals surface area contributed by atoms with Crippen molar-refractivity contribution in [2.45, 2.75) is 51.6 Å². The Bertz CT molecular complexity index is 994. The van der Waals surface area contributed by atoms with Gasteiger partial charge in [0.1, 0.15) is 5.75 Å². The molecule has 30 heavy (non-hydrogen) atoms. The van der Waals surface area contributed by atoms with Gasteiger partial charge in [-0.25, -0.2) is 0 Å². The van der Waals surface area contributed by atoms with Gasteiger partial charge in [-0.15, -0.1) is 0 Å². The smallest absolute Gasteiger partial charge is 0.258 e. The lowest BCUT2D eigenvalue weighted by Gasteiger charge is -2.29. The average molecular weight is 406 g/mol. The van der Waals surface area contributed by atoms with Crippen LogP contribution in [-0.2, 0) is 4.79 Å². The molecule has 1 aliphatic rings. The van der Waals surface area contributed by atoms with E-state index >= 15 is 0 Å². The van der Waals surface area contributed by atoms with Crippen LogP contribution in [-0.4, -0.2) is 38.3 Å². The molecule has 1 aliphatic carbocycles. The number of nitrogens with one attached hydrogen (secondary N) is 1. The van der Waals surface area contributed by atoms with Crippen LogP contribution in [0.15, 0.2) is 49.2 Å². The van der Waals surface area contributed by atoms with Crippen LogP contribution in [0.5, 0.6) is 5.75 Å². The second kappa shape index (κ2) is 9.07. The molecule has 1 amide bonds. The van der Waals surface area contributed by atoms with E-state index in [9.17, 15) is 4.79 Å². The third-order valence-electron chi connectivity index (χ3n) is 5.81. The molecular weight excluding hydrogens is 378 g/mol. The Kier molecular flexibility index (Phi) is 6.07. The quantitative estimate of drug-likeness (QED) is 0.677. The Morgan fingerprint density at radius 1 is 1.17 bits per heavy atom. The molecule has 3 aromatic rings. The predicted molar refractivity (Wildman–Crippen MR) is 114 cm³/mol. The summed E-state index contributed by atoms with van der Waals surface area (Å²) in [5.74, 6) is 0.704. The van der Waals surface area contributed by atoms with Gasteiger partial charge >= 0.3 is 0 Å². The van der Waals surface area contributed by atoms with Crippen molar-refractivity contribution < 1.29 is 9.53 Å². The number of hydrogen-bond acceptors (Lipinski definition) is 5. The first-order chi connectivity index (χ1) is 14.6. The van der Waals surface area contributed by atoms with E-state index in [-0.39, 0.29) is 18.6 Å². The maximum Gasteiger partial charge on any atom is 0.258 e. The minimum absolute atomic E-state index is 0.0465. The van der Waals surface area contributed by atoms with E-state index in [1.807, 2.05) is 49.1 Å². The van der Waals surface area contributed by atoms with Gasteiger partial charge in [0.25, 0.3) is 5.91 Å². The molecule has 2 aromatic heterocycles. The second-order valence-electron chi connectivity index (χ2n) is 7.86. The Morgan fingerprint density at radius 2 is 2.00 bits per heavy atom. The number of ether oxygens (including phenoxy) is 1. The van der Waals surface area contributed by atoms with Crippen molar-refractivity contribution >= 4 is 5.91 Å². The zero-order valence-corrected chi connectivity index (χ0v) is 17.4. The van der Waals surface area contributed by atoms with Gasteiger partial charge in [0.15, 0.2) is 6.61 Å². The minimum Gasteiger partial charge on any atom is -0.483 e. The molecule has 0 unspecified atom stereocenters. The van der Waals surface area contributed by atoms with Crippen LogP contribution in [0.4, 0.5) is 0 Å². The lowest BCUT2D eigenvalue weighted by Crippen LogP contribution is -2.40. The molecule has 7 heteroatoms. The summed E-state index contributed by atoms with van der Waals surface area (Å²) in [7, 11) is 0. The highest BCUT2D eigenvalue weighted by Crippen LogP contribution is 2.29. The van der Waals surface area contributed by atoms with E-state index in [2.05, 4.69) is 20.4 Å². The summed E-state index contributed by atoms with van der Waals surface area (Å²) in [5, 5.41) is 7.64. The highest BCUT2D eigenvalue weighted by Gasteiger charge is 2.24. The molecule has 0 saturated heterocycles. The molecule has 7 nitrogen and oxygen atoms in total. The maximum atomic E-state index is 12.3. The first-order valence-corrected chi connectivity index (χ1v) is 10.4. The first kappa shape index (κ1) is 20.1. The number of rotatable bonds is 6. The Hall–Kier alpha value is -3.22. The third kappa shape index (κ3) is 4.67. The molecule has 1 N–H and O–H groups in total. The second-order valence-corrected chi connectivity index (χ2v) is 7.86. The molecule has 0 aliphatic heterocycles. The van der Waals surface area contributed by atoms with Crippen LogP contribution in [0.1, 0.15) is 42.9 Å². The number of amides is 1. The topological polar surface area (TPSA) is 81.9 Å². The van der Waals surface area contributed by atoms with Crippen LogP contribution < -0.4 is 10.1 Å². The molecule has 1 fully saturated rings. The fourth-order valence-electron chi connectivity index (χ4n) is 3.90. The zero-order valence-electron chi connectivity index (χ0n) is 17.4. The zero-order chi connectivity index (χ0) is 20.9. The predicted octanol–water partition coefficient (Wildman–Crippen LogP) is 3.64. The summed E-state index contributed by atoms with van der Waals surface area (Å²) in [5.41, 5.74) is 4.04. The lowest BCUT2D eigenvalue weighted by atomic mass is 9.91. The number of aryl methyl sites for hydroxylation is 1. The number of carbonyl (C=O) groups excluding carboxylic acids is 1. The molecule has 0 radical (unpaired) electrons. The molecule has 156 valence electrons. The van der Waals surface area contributed by atoms with E-state index < -0.39 is 0 Å². The van der Waals surface area contributed by atoms with Crippen LogP contribution in [0.3, 0.4) is 0 Å². The van der Waals surface area contributed by atoms with Crippen molar-refractivity contribution in [3.63, 3.8) is 0 Å². The number of hydrogen-bond donors (Lipinski definition) is 1. The van der Waals surface area contributed by atoms with Gasteiger partial charge in [0.2, 0.25) is 0 Å². The van der Waals surface area contributed by atoms with Crippen molar-refractivity contribution in [1.82, 2.24) is 25.1 Å². The maximum absolute atomic E-state index is 12.3. The summed E-state index contributed by atoms with van der Waals surface area (Å²) in [6.07, 6.45) is 12.8. The van der Waals surface area contributed by atoms with Crippen LogP contribution in [0.25, 0.3) is 11.3 Å². The van der Waals surface area contributed by atoms with E-state index in [1.54, 1.807) is 18.6 Å². The van der Waals surface area contributed by atoms with Crippen molar-refractivity contribution in [3.8, 4) is 17.0 Å². The van der Waals surface area contributed by atoms with Gasteiger partial charge in [-0.1, -0.05) is 12.1 Å². The molecule has 1 saturated carbocycles. The van der Waals surface area contributed by atoms with Gasteiger partial charge in [0, 0.05) is 30.2 Å². The molecule has 2 heterocycles. The van der Waals surface area contributed by atoms with Crippen molar-refractivity contribution in [2.75, 3.05) is 6.61 Å². The number of aromatic nitrogens is 4. The van der Waals surface area contributed by atoms with E-state index in [1.165, 1.54) is 0 Å². The highest BCUT2D eigenvalue weighted by molar-refractivity contribution is 5.77. The van der Waals surface area contributed by atoms with Crippen molar-refractivity contribution in [3.05, 3.63) is 60.3 Å². The monoisotopic (exact) mass is 405 g/mol. The molecular formula is C23H27N5O2. The highest BCUT2D eigenvalue weighted by atomic mass is 16.5. The van der Waals surface area contributed by atoms with E-state index in [4.69, 9.17) is 4.74 Å². The fourth-order valence-corrected chi connectivity index (χ4v) is 3.90. The lowest BCUT2D eigenvalue weighted by molar-refractivity contribution is -0.124. The van der Waals surface area contributed by atoms with Gasteiger partial charge < -0.3 is 10.1 Å². The van der Waals surface area contributed by atoms with Gasteiger partial charge in [-0.05, 0) is 56.7 Å². The molecule has 0 atom stereocenters. The fraction of sp³-hybridized carbons (Fsp3) is 0.391. The molecule has 0 spiro atoms. The SMILES string of the molecule is Cc1cccc(OCC(=O)NC2CCC(n3cc(-c4cnccn4)cn3)CC2)c1C. The number of carbonyl (C=O) groups is 1. The van der Waals surface area contributed by atoms with Gasteiger partial charge in [-0.3, -0.25) is 19.4 Å². The van der Waals surface area contributed by atoms with E-state index in [0.717, 1.165) is 53.8 Å². The summed E-state index contributed by atoms with van der Waals surface area (Å²) in [4.78, 5) is 20.8. The standard InChI is InChI=1S/C23H27N5O2/c1-16-4-3-5-22(17(16)2)30-15-23(29)27-19-6-8-20(9-7-19)28-14-18(12-26-28)21-13-24-10-11-25-21/h3-5,10-14,19-20H,6-9,15H2,1-2H3,(H,27,29).